The molecule has 1 rings (SSSR count). The zero-order valence-corrected chi connectivity index (χ0v) is 11.2. The van der Waals surface area contributed by atoms with E-state index in [9.17, 15) is 0 Å². The molecule has 0 aromatic carbocycles. The highest BCUT2D eigenvalue weighted by atomic mass is 15.1. The molecule has 0 spiro atoms. The van der Waals surface area contributed by atoms with E-state index in [2.05, 4.69) is 31.0 Å². The molecule has 0 amide bonds. The van der Waals surface area contributed by atoms with Crippen LogP contribution in [0.1, 0.15) is 46.5 Å². The van der Waals surface area contributed by atoms with Crippen molar-refractivity contribution in [2.75, 3.05) is 19.6 Å². The molecule has 3 heteroatoms. The van der Waals surface area contributed by atoms with Crippen molar-refractivity contribution in [3.05, 3.63) is 0 Å². The summed E-state index contributed by atoms with van der Waals surface area (Å²) < 4.78 is 0. The molecule has 16 heavy (non-hydrogen) atoms. The summed E-state index contributed by atoms with van der Waals surface area (Å²) in [5.41, 5.74) is 5.77. The highest BCUT2D eigenvalue weighted by Crippen LogP contribution is 2.18. The van der Waals surface area contributed by atoms with Crippen molar-refractivity contribution in [3.8, 4) is 0 Å². The van der Waals surface area contributed by atoms with E-state index in [1.54, 1.807) is 0 Å². The zero-order valence-electron chi connectivity index (χ0n) is 11.2. The van der Waals surface area contributed by atoms with E-state index in [1.807, 2.05) is 0 Å². The van der Waals surface area contributed by atoms with Crippen LogP contribution >= 0.6 is 0 Å². The van der Waals surface area contributed by atoms with E-state index in [-0.39, 0.29) is 0 Å². The van der Waals surface area contributed by atoms with Crippen molar-refractivity contribution in [3.63, 3.8) is 0 Å². The van der Waals surface area contributed by atoms with Gasteiger partial charge in [0.05, 0.1) is 0 Å². The van der Waals surface area contributed by atoms with Crippen LogP contribution in [0.15, 0.2) is 0 Å². The largest absolute Gasteiger partial charge is 0.328 e. The van der Waals surface area contributed by atoms with Crippen LogP contribution in [0.3, 0.4) is 0 Å². The molecule has 1 aliphatic carbocycles. The second kappa shape index (κ2) is 7.25. The lowest BCUT2D eigenvalue weighted by molar-refractivity contribution is 0.253. The van der Waals surface area contributed by atoms with Gasteiger partial charge in [0.25, 0.3) is 0 Å². The van der Waals surface area contributed by atoms with E-state index in [0.717, 1.165) is 0 Å². The molecule has 3 N–H and O–H groups in total. The van der Waals surface area contributed by atoms with Crippen molar-refractivity contribution in [2.24, 2.45) is 5.73 Å². The van der Waals surface area contributed by atoms with Crippen molar-refractivity contribution in [1.29, 1.82) is 0 Å². The SMILES string of the molecule is CCN(CC)CCCC(C)NC1CC(N)C1. The summed E-state index contributed by atoms with van der Waals surface area (Å²) in [7, 11) is 0. The van der Waals surface area contributed by atoms with Gasteiger partial charge < -0.3 is 16.0 Å². The fourth-order valence-electron chi connectivity index (χ4n) is 2.44. The maximum Gasteiger partial charge on any atom is 0.00990 e. The van der Waals surface area contributed by atoms with Crippen LogP contribution in [-0.4, -0.2) is 42.7 Å². The summed E-state index contributed by atoms with van der Waals surface area (Å²) in [6.07, 6.45) is 4.91. The predicted molar refractivity (Wildman–Crippen MR) is 70.6 cm³/mol. The van der Waals surface area contributed by atoms with Crippen LogP contribution in [0, 0.1) is 0 Å². The molecular weight excluding hydrogens is 198 g/mol. The Hall–Kier alpha value is -0.120. The van der Waals surface area contributed by atoms with E-state index in [0.29, 0.717) is 18.1 Å². The lowest BCUT2D eigenvalue weighted by Gasteiger charge is -2.35. The van der Waals surface area contributed by atoms with Crippen LogP contribution in [0.25, 0.3) is 0 Å². The molecule has 1 saturated carbocycles. The smallest absolute Gasteiger partial charge is 0.00990 e. The van der Waals surface area contributed by atoms with Gasteiger partial charge in [-0.15, -0.1) is 0 Å². The minimum atomic E-state index is 0.459. The van der Waals surface area contributed by atoms with Gasteiger partial charge in [0.1, 0.15) is 0 Å². The highest BCUT2D eigenvalue weighted by molar-refractivity contribution is 4.88. The van der Waals surface area contributed by atoms with Crippen LogP contribution in [0.5, 0.6) is 0 Å². The van der Waals surface area contributed by atoms with Crippen molar-refractivity contribution in [2.45, 2.75) is 64.6 Å². The van der Waals surface area contributed by atoms with Gasteiger partial charge in [0.2, 0.25) is 0 Å². The minimum Gasteiger partial charge on any atom is -0.328 e. The lowest BCUT2D eigenvalue weighted by atomic mass is 9.87. The third-order valence-corrected chi connectivity index (χ3v) is 3.70. The van der Waals surface area contributed by atoms with E-state index in [4.69, 9.17) is 5.73 Å². The normalized spacial score (nSPS) is 26.8. The quantitative estimate of drug-likeness (QED) is 0.661. The number of rotatable bonds is 8. The summed E-state index contributed by atoms with van der Waals surface area (Å²) in [4.78, 5) is 2.49. The molecule has 1 fully saturated rings. The first-order chi connectivity index (χ1) is 7.65. The fourth-order valence-corrected chi connectivity index (χ4v) is 2.44. The topological polar surface area (TPSA) is 41.3 Å². The summed E-state index contributed by atoms with van der Waals surface area (Å²) in [5.74, 6) is 0. The van der Waals surface area contributed by atoms with E-state index in [1.165, 1.54) is 45.3 Å². The molecule has 0 radical (unpaired) electrons. The van der Waals surface area contributed by atoms with Gasteiger partial charge >= 0.3 is 0 Å². The Morgan fingerprint density at radius 1 is 1.31 bits per heavy atom. The van der Waals surface area contributed by atoms with Gasteiger partial charge in [0.15, 0.2) is 0 Å². The van der Waals surface area contributed by atoms with Crippen molar-refractivity contribution >= 4 is 0 Å². The molecule has 0 saturated heterocycles. The number of hydrogen-bond donors (Lipinski definition) is 2. The van der Waals surface area contributed by atoms with Crippen LogP contribution in [-0.2, 0) is 0 Å². The summed E-state index contributed by atoms with van der Waals surface area (Å²) in [6.45, 7) is 10.4. The second-order valence-electron chi connectivity index (χ2n) is 5.17. The average molecular weight is 227 g/mol. The van der Waals surface area contributed by atoms with Gasteiger partial charge in [-0.05, 0) is 52.2 Å². The standard InChI is InChI=1S/C13H29N3/c1-4-16(5-2)8-6-7-11(3)15-13-9-12(14)10-13/h11-13,15H,4-10,14H2,1-3H3. The number of nitrogens with one attached hydrogen (secondary N) is 1. The van der Waals surface area contributed by atoms with Crippen molar-refractivity contribution < 1.29 is 0 Å². The molecule has 1 unspecified atom stereocenters. The summed E-state index contributed by atoms with van der Waals surface area (Å²) >= 11 is 0. The Morgan fingerprint density at radius 3 is 2.44 bits per heavy atom. The maximum absolute atomic E-state index is 5.77. The molecule has 0 heterocycles. The Morgan fingerprint density at radius 2 is 1.94 bits per heavy atom. The average Bonchev–Trinajstić information content (AvgIpc) is 2.22. The predicted octanol–water partition coefficient (Wildman–Crippen LogP) is 1.58. The zero-order chi connectivity index (χ0) is 12.0. The Kier molecular flexibility index (Phi) is 6.32. The maximum atomic E-state index is 5.77. The van der Waals surface area contributed by atoms with Gasteiger partial charge in [-0.25, -0.2) is 0 Å². The Balaban J connectivity index is 1.99. The number of nitrogens with two attached hydrogens (primary N) is 1. The molecule has 1 aliphatic rings. The van der Waals surface area contributed by atoms with Crippen LogP contribution in [0.4, 0.5) is 0 Å². The van der Waals surface area contributed by atoms with E-state index < -0.39 is 0 Å². The lowest BCUT2D eigenvalue weighted by Crippen LogP contribution is -2.51. The molecule has 0 aromatic heterocycles. The first kappa shape index (κ1) is 13.9. The highest BCUT2D eigenvalue weighted by Gasteiger charge is 2.26. The first-order valence-electron chi connectivity index (χ1n) is 6.89. The molecule has 0 bridgehead atoms. The van der Waals surface area contributed by atoms with Gasteiger partial charge in [0, 0.05) is 18.1 Å². The van der Waals surface area contributed by atoms with Gasteiger partial charge in [-0.3, -0.25) is 0 Å². The molecule has 96 valence electrons. The Bertz CT molecular complexity index is 174. The first-order valence-corrected chi connectivity index (χ1v) is 6.89. The molecule has 0 aromatic rings. The monoisotopic (exact) mass is 227 g/mol. The summed E-state index contributed by atoms with van der Waals surface area (Å²) in [6, 6.07) is 1.80. The van der Waals surface area contributed by atoms with Gasteiger partial charge in [-0.1, -0.05) is 13.8 Å². The second-order valence-corrected chi connectivity index (χ2v) is 5.17. The van der Waals surface area contributed by atoms with E-state index >= 15 is 0 Å². The van der Waals surface area contributed by atoms with Crippen molar-refractivity contribution in [1.82, 2.24) is 10.2 Å². The molecule has 3 nitrogen and oxygen atoms in total. The number of hydrogen-bond acceptors (Lipinski definition) is 3. The summed E-state index contributed by atoms with van der Waals surface area (Å²) in [5, 5.41) is 3.66. The Labute approximate surface area is 101 Å². The minimum absolute atomic E-state index is 0.459. The number of nitrogens with zero attached hydrogens (tertiary/aromatic N) is 1. The third kappa shape index (κ3) is 4.81. The fraction of sp³-hybridized carbons (Fsp3) is 1.00. The third-order valence-electron chi connectivity index (χ3n) is 3.70. The molecular formula is C13H29N3. The molecule has 1 atom stereocenters. The van der Waals surface area contributed by atoms with Crippen LogP contribution < -0.4 is 11.1 Å². The van der Waals surface area contributed by atoms with Gasteiger partial charge in [-0.2, -0.15) is 0 Å². The van der Waals surface area contributed by atoms with Crippen LogP contribution in [0.2, 0.25) is 0 Å². The molecule has 0 aliphatic heterocycles.